The number of benzene rings is 3. The molecule has 0 fully saturated rings. The van der Waals surface area contributed by atoms with Gasteiger partial charge in [0.1, 0.15) is 0 Å². The second-order valence-electron chi connectivity index (χ2n) is 7.01. The Hall–Kier alpha value is -3.09. The van der Waals surface area contributed by atoms with Gasteiger partial charge in [-0.05, 0) is 37.3 Å². The highest BCUT2D eigenvalue weighted by Gasteiger charge is 2.17. The molecule has 7 heteroatoms. The molecule has 31 heavy (non-hydrogen) atoms. The van der Waals surface area contributed by atoms with E-state index in [0.29, 0.717) is 22.3 Å². The summed E-state index contributed by atoms with van der Waals surface area (Å²) in [4.78, 5) is 12.6. The standard InChI is InChI=1S/C24H21ClN4OS/c1-17-10-12-20(13-11-17)26-15-23-27-28-24(29(23)21-9-5-8-19(25)14-21)31-16-22(30)18-6-3-2-4-7-18/h2-14,26H,15-16H2,1H3. The Kier molecular flexibility index (Phi) is 6.70. The Morgan fingerprint density at radius 1 is 1.00 bits per heavy atom. The zero-order valence-electron chi connectivity index (χ0n) is 17.0. The summed E-state index contributed by atoms with van der Waals surface area (Å²) in [5, 5.41) is 13.4. The van der Waals surface area contributed by atoms with Crippen molar-refractivity contribution < 1.29 is 4.79 Å². The third kappa shape index (κ3) is 5.34. The maximum Gasteiger partial charge on any atom is 0.196 e. The Bertz CT molecular complexity index is 1180. The van der Waals surface area contributed by atoms with E-state index in [2.05, 4.69) is 34.6 Å². The third-order valence-corrected chi connectivity index (χ3v) is 5.86. The van der Waals surface area contributed by atoms with Crippen LogP contribution in [0.4, 0.5) is 5.69 Å². The minimum atomic E-state index is 0.0468. The predicted molar refractivity (Wildman–Crippen MR) is 126 cm³/mol. The summed E-state index contributed by atoms with van der Waals surface area (Å²) in [6.45, 7) is 2.54. The molecule has 0 unspecified atom stereocenters. The molecule has 0 atom stereocenters. The fraction of sp³-hybridized carbons (Fsp3) is 0.125. The number of nitrogens with one attached hydrogen (secondary N) is 1. The van der Waals surface area contributed by atoms with Crippen molar-refractivity contribution in [2.45, 2.75) is 18.6 Å². The molecule has 156 valence electrons. The number of rotatable bonds is 8. The Morgan fingerprint density at radius 2 is 1.77 bits per heavy atom. The van der Waals surface area contributed by atoms with Crippen molar-refractivity contribution in [1.82, 2.24) is 14.8 Å². The van der Waals surface area contributed by atoms with Crippen molar-refractivity contribution in [2.75, 3.05) is 11.1 Å². The van der Waals surface area contributed by atoms with Crippen LogP contribution < -0.4 is 5.32 Å². The number of thioether (sulfide) groups is 1. The Balaban J connectivity index is 1.57. The molecule has 1 aromatic heterocycles. The number of hydrogen-bond donors (Lipinski definition) is 1. The van der Waals surface area contributed by atoms with E-state index in [9.17, 15) is 4.79 Å². The van der Waals surface area contributed by atoms with Gasteiger partial charge in [-0.15, -0.1) is 10.2 Å². The zero-order chi connectivity index (χ0) is 21.6. The van der Waals surface area contributed by atoms with Crippen molar-refractivity contribution in [1.29, 1.82) is 0 Å². The lowest BCUT2D eigenvalue weighted by Crippen LogP contribution is -2.09. The molecule has 0 amide bonds. The summed E-state index contributed by atoms with van der Waals surface area (Å²) in [7, 11) is 0. The van der Waals surface area contributed by atoms with Crippen LogP contribution in [0.5, 0.6) is 0 Å². The minimum absolute atomic E-state index is 0.0468. The lowest BCUT2D eigenvalue weighted by Gasteiger charge is -2.12. The van der Waals surface area contributed by atoms with Crippen LogP contribution in [0.3, 0.4) is 0 Å². The van der Waals surface area contributed by atoms with E-state index in [1.807, 2.05) is 71.3 Å². The van der Waals surface area contributed by atoms with E-state index in [1.165, 1.54) is 17.3 Å². The molecule has 0 aliphatic heterocycles. The minimum Gasteiger partial charge on any atom is -0.378 e. The van der Waals surface area contributed by atoms with Crippen LogP contribution in [0.15, 0.2) is 84.0 Å². The number of ketones is 1. The Labute approximate surface area is 190 Å². The first-order valence-corrected chi connectivity index (χ1v) is 11.2. The van der Waals surface area contributed by atoms with Crippen LogP contribution in [-0.2, 0) is 6.54 Å². The summed E-state index contributed by atoms with van der Waals surface area (Å²) >= 11 is 7.60. The highest BCUT2D eigenvalue weighted by Crippen LogP contribution is 2.25. The van der Waals surface area contributed by atoms with Crippen LogP contribution in [0.25, 0.3) is 5.69 Å². The number of carbonyl (C=O) groups excluding carboxylic acids is 1. The van der Waals surface area contributed by atoms with Crippen molar-refractivity contribution in [2.24, 2.45) is 0 Å². The summed E-state index contributed by atoms with van der Waals surface area (Å²) in [5.74, 6) is 1.05. The van der Waals surface area contributed by atoms with Gasteiger partial charge in [-0.25, -0.2) is 0 Å². The van der Waals surface area contributed by atoms with Gasteiger partial charge in [0.2, 0.25) is 0 Å². The number of hydrogen-bond acceptors (Lipinski definition) is 5. The molecule has 0 aliphatic carbocycles. The maximum atomic E-state index is 12.6. The predicted octanol–water partition coefficient (Wildman–Crippen LogP) is 5.82. The maximum absolute atomic E-state index is 12.6. The Morgan fingerprint density at radius 3 is 2.52 bits per heavy atom. The fourth-order valence-electron chi connectivity index (χ4n) is 3.07. The van der Waals surface area contributed by atoms with Crippen LogP contribution in [0.1, 0.15) is 21.7 Å². The second kappa shape index (κ2) is 9.81. The highest BCUT2D eigenvalue weighted by molar-refractivity contribution is 7.99. The van der Waals surface area contributed by atoms with Crippen LogP contribution >= 0.6 is 23.4 Å². The molecule has 4 aromatic rings. The topological polar surface area (TPSA) is 59.8 Å². The largest absolute Gasteiger partial charge is 0.378 e. The molecule has 0 aliphatic rings. The number of Topliss-reactive ketones (excluding diaryl/α,β-unsaturated/α-hetero) is 1. The van der Waals surface area contributed by atoms with E-state index in [-0.39, 0.29) is 11.5 Å². The van der Waals surface area contributed by atoms with Crippen molar-refractivity contribution in [3.63, 3.8) is 0 Å². The average molecular weight is 449 g/mol. The molecule has 3 aromatic carbocycles. The first kappa shape index (κ1) is 21.2. The number of aryl methyl sites for hydroxylation is 1. The van der Waals surface area contributed by atoms with Crippen molar-refractivity contribution >= 4 is 34.8 Å². The summed E-state index contributed by atoms with van der Waals surface area (Å²) in [5.41, 5.74) is 3.74. The van der Waals surface area contributed by atoms with Crippen LogP contribution in [0.2, 0.25) is 5.02 Å². The smallest absolute Gasteiger partial charge is 0.196 e. The first-order chi connectivity index (χ1) is 15.1. The highest BCUT2D eigenvalue weighted by atomic mass is 35.5. The van der Waals surface area contributed by atoms with Gasteiger partial charge in [-0.3, -0.25) is 9.36 Å². The molecule has 1 heterocycles. The van der Waals surface area contributed by atoms with Gasteiger partial charge in [0, 0.05) is 16.3 Å². The molecular formula is C24H21ClN4OS. The summed E-state index contributed by atoms with van der Waals surface area (Å²) < 4.78 is 1.94. The lowest BCUT2D eigenvalue weighted by atomic mass is 10.2. The van der Waals surface area contributed by atoms with Crippen LogP contribution in [0, 0.1) is 6.92 Å². The van der Waals surface area contributed by atoms with Gasteiger partial charge in [-0.2, -0.15) is 0 Å². The third-order valence-electron chi connectivity index (χ3n) is 4.70. The second-order valence-corrected chi connectivity index (χ2v) is 8.39. The molecule has 4 rings (SSSR count). The van der Waals surface area contributed by atoms with Gasteiger partial charge in [0.05, 0.1) is 18.0 Å². The number of nitrogens with zero attached hydrogens (tertiary/aromatic N) is 3. The van der Waals surface area contributed by atoms with Gasteiger partial charge < -0.3 is 5.32 Å². The van der Waals surface area contributed by atoms with E-state index < -0.39 is 0 Å². The fourth-order valence-corrected chi connectivity index (χ4v) is 4.12. The quantitative estimate of drug-likeness (QED) is 0.272. The lowest BCUT2D eigenvalue weighted by molar-refractivity contribution is 0.102. The number of halogens is 1. The number of anilines is 1. The molecule has 5 nitrogen and oxygen atoms in total. The summed E-state index contributed by atoms with van der Waals surface area (Å²) in [6, 6.07) is 25.0. The molecule has 0 bridgehead atoms. The van der Waals surface area contributed by atoms with Gasteiger partial charge in [-0.1, -0.05) is 77.5 Å². The summed E-state index contributed by atoms with van der Waals surface area (Å²) in [6.07, 6.45) is 0. The molecule has 0 saturated carbocycles. The monoisotopic (exact) mass is 448 g/mol. The molecule has 1 N–H and O–H groups in total. The van der Waals surface area contributed by atoms with Crippen LogP contribution in [-0.4, -0.2) is 26.3 Å². The molecule has 0 radical (unpaired) electrons. The number of carbonyl (C=O) groups is 1. The van der Waals surface area contributed by atoms with E-state index in [0.717, 1.165) is 17.2 Å². The normalized spacial score (nSPS) is 10.8. The van der Waals surface area contributed by atoms with Gasteiger partial charge in [0.25, 0.3) is 0 Å². The van der Waals surface area contributed by atoms with Crippen molar-refractivity contribution in [3.8, 4) is 5.69 Å². The SMILES string of the molecule is Cc1ccc(NCc2nnc(SCC(=O)c3ccccc3)n2-c2cccc(Cl)c2)cc1. The van der Waals surface area contributed by atoms with E-state index in [1.54, 1.807) is 0 Å². The first-order valence-electron chi connectivity index (χ1n) is 9.82. The molecular weight excluding hydrogens is 428 g/mol. The van der Waals surface area contributed by atoms with Crippen molar-refractivity contribution in [3.05, 3.63) is 101 Å². The number of aromatic nitrogens is 3. The molecule has 0 spiro atoms. The van der Waals surface area contributed by atoms with E-state index >= 15 is 0 Å². The average Bonchev–Trinajstić information content (AvgIpc) is 3.20. The van der Waals surface area contributed by atoms with E-state index in [4.69, 9.17) is 11.6 Å². The van der Waals surface area contributed by atoms with Gasteiger partial charge >= 0.3 is 0 Å². The van der Waals surface area contributed by atoms with Gasteiger partial charge in [0.15, 0.2) is 16.8 Å². The zero-order valence-corrected chi connectivity index (χ0v) is 18.5. The molecule has 0 saturated heterocycles.